The monoisotopic (exact) mass is 250 g/mol. The minimum atomic E-state index is -0.138. The Bertz CT molecular complexity index is 382. The third-order valence-electron chi connectivity index (χ3n) is 2.85. The molecule has 1 amide bonds. The van der Waals surface area contributed by atoms with Crippen LogP contribution in [0.1, 0.15) is 24.2 Å². The molecule has 0 aliphatic carbocycles. The topological polar surface area (TPSA) is 84.4 Å². The van der Waals surface area contributed by atoms with Crippen molar-refractivity contribution in [2.75, 3.05) is 37.6 Å². The van der Waals surface area contributed by atoms with E-state index in [0.29, 0.717) is 23.5 Å². The molecule has 5 nitrogen and oxygen atoms in total. The van der Waals surface area contributed by atoms with Crippen LogP contribution in [0.4, 0.5) is 11.4 Å². The van der Waals surface area contributed by atoms with Crippen LogP contribution in [0.25, 0.3) is 0 Å². The van der Waals surface area contributed by atoms with E-state index in [0.717, 1.165) is 19.6 Å². The number of rotatable bonds is 6. The molecule has 18 heavy (non-hydrogen) atoms. The fraction of sp³-hybridized carbons (Fsp3) is 0.462. The molecule has 0 aliphatic heterocycles. The molecule has 0 spiro atoms. The number of hydrogen-bond donors (Lipinski definition) is 3. The Hall–Kier alpha value is -1.75. The van der Waals surface area contributed by atoms with Gasteiger partial charge in [-0.05, 0) is 31.3 Å². The fourth-order valence-electron chi connectivity index (χ4n) is 1.78. The summed E-state index contributed by atoms with van der Waals surface area (Å²) < 4.78 is 0. The highest BCUT2D eigenvalue weighted by Gasteiger charge is 2.07. The molecule has 0 aliphatic rings. The first-order chi connectivity index (χ1) is 8.56. The van der Waals surface area contributed by atoms with Crippen molar-refractivity contribution in [1.29, 1.82) is 0 Å². The molecule has 0 unspecified atom stereocenters. The lowest BCUT2D eigenvalue weighted by molar-refractivity contribution is 0.0949. The van der Waals surface area contributed by atoms with Crippen molar-refractivity contribution in [1.82, 2.24) is 10.2 Å². The number of nitrogens with one attached hydrogen (secondary N) is 1. The number of nitrogens with zero attached hydrogens (tertiary/aromatic N) is 1. The summed E-state index contributed by atoms with van der Waals surface area (Å²) >= 11 is 0. The largest absolute Gasteiger partial charge is 0.399 e. The highest BCUT2D eigenvalue weighted by Crippen LogP contribution is 2.13. The van der Waals surface area contributed by atoms with Gasteiger partial charge < -0.3 is 21.7 Å². The number of benzene rings is 1. The summed E-state index contributed by atoms with van der Waals surface area (Å²) in [5.41, 5.74) is 12.8. The first kappa shape index (κ1) is 14.3. The minimum absolute atomic E-state index is 0.138. The van der Waals surface area contributed by atoms with Gasteiger partial charge in [0.1, 0.15) is 0 Å². The Morgan fingerprint density at radius 1 is 1.17 bits per heavy atom. The molecule has 1 aromatic rings. The zero-order valence-electron chi connectivity index (χ0n) is 11.1. The third-order valence-corrected chi connectivity index (χ3v) is 2.85. The van der Waals surface area contributed by atoms with E-state index >= 15 is 0 Å². The van der Waals surface area contributed by atoms with Crippen LogP contribution in [0.2, 0.25) is 0 Å². The summed E-state index contributed by atoms with van der Waals surface area (Å²) in [6, 6.07) is 4.89. The minimum Gasteiger partial charge on any atom is -0.399 e. The van der Waals surface area contributed by atoms with Gasteiger partial charge in [-0.15, -0.1) is 0 Å². The van der Waals surface area contributed by atoms with Crippen LogP contribution < -0.4 is 16.8 Å². The van der Waals surface area contributed by atoms with E-state index in [1.165, 1.54) is 0 Å². The van der Waals surface area contributed by atoms with Gasteiger partial charge in [0.25, 0.3) is 5.91 Å². The second kappa shape index (κ2) is 6.86. The van der Waals surface area contributed by atoms with E-state index in [1.807, 2.05) is 0 Å². The van der Waals surface area contributed by atoms with E-state index in [1.54, 1.807) is 18.2 Å². The molecule has 1 aromatic carbocycles. The number of carbonyl (C=O) groups is 1. The first-order valence-corrected chi connectivity index (χ1v) is 6.23. The molecule has 0 saturated heterocycles. The molecule has 0 bridgehead atoms. The number of amides is 1. The highest BCUT2D eigenvalue weighted by molar-refractivity contribution is 5.96. The zero-order chi connectivity index (χ0) is 13.5. The van der Waals surface area contributed by atoms with Crippen LogP contribution in [0.5, 0.6) is 0 Å². The average molecular weight is 250 g/mol. The predicted molar refractivity (Wildman–Crippen MR) is 75.4 cm³/mol. The predicted octanol–water partition coefficient (Wildman–Crippen LogP) is 0.923. The van der Waals surface area contributed by atoms with Crippen molar-refractivity contribution in [2.24, 2.45) is 0 Å². The number of likely N-dealkylation sites (N-methyl/N-ethyl adjacent to an activating group) is 1. The van der Waals surface area contributed by atoms with Crippen LogP contribution in [0.15, 0.2) is 18.2 Å². The number of carbonyl (C=O) groups excluding carboxylic acids is 1. The summed E-state index contributed by atoms with van der Waals surface area (Å²) in [6.45, 7) is 7.63. The number of hydrogen-bond acceptors (Lipinski definition) is 4. The standard InChI is InChI=1S/C13H22N4O/c1-3-17(4-2)6-5-16-13(18)10-7-11(14)9-12(15)8-10/h7-9H,3-6,14-15H2,1-2H3,(H,16,18). The smallest absolute Gasteiger partial charge is 0.251 e. The van der Waals surface area contributed by atoms with Crippen molar-refractivity contribution < 1.29 is 4.79 Å². The number of nitrogen functional groups attached to an aromatic ring is 2. The van der Waals surface area contributed by atoms with E-state index in [2.05, 4.69) is 24.1 Å². The zero-order valence-corrected chi connectivity index (χ0v) is 11.1. The van der Waals surface area contributed by atoms with Crippen molar-refractivity contribution in [3.8, 4) is 0 Å². The number of anilines is 2. The quantitative estimate of drug-likeness (QED) is 0.656. The Morgan fingerprint density at radius 3 is 2.22 bits per heavy atom. The second-order valence-electron chi connectivity index (χ2n) is 4.17. The molecule has 0 atom stereocenters. The highest BCUT2D eigenvalue weighted by atomic mass is 16.1. The van der Waals surface area contributed by atoms with Gasteiger partial charge in [-0.3, -0.25) is 4.79 Å². The lowest BCUT2D eigenvalue weighted by atomic mass is 10.1. The van der Waals surface area contributed by atoms with Crippen molar-refractivity contribution >= 4 is 17.3 Å². The molecule has 0 heterocycles. The van der Waals surface area contributed by atoms with E-state index in [9.17, 15) is 4.79 Å². The molecule has 0 fully saturated rings. The first-order valence-electron chi connectivity index (χ1n) is 6.23. The Labute approximate surface area is 108 Å². The van der Waals surface area contributed by atoms with Crippen molar-refractivity contribution in [3.05, 3.63) is 23.8 Å². The van der Waals surface area contributed by atoms with Crippen molar-refractivity contribution in [2.45, 2.75) is 13.8 Å². The maximum atomic E-state index is 11.9. The van der Waals surface area contributed by atoms with Gasteiger partial charge in [-0.2, -0.15) is 0 Å². The lowest BCUT2D eigenvalue weighted by Crippen LogP contribution is -2.34. The molecule has 1 rings (SSSR count). The van der Waals surface area contributed by atoms with Crippen LogP contribution in [0.3, 0.4) is 0 Å². The van der Waals surface area contributed by atoms with Gasteiger partial charge in [-0.25, -0.2) is 0 Å². The van der Waals surface area contributed by atoms with Crippen molar-refractivity contribution in [3.63, 3.8) is 0 Å². The van der Waals surface area contributed by atoms with Gasteiger partial charge in [0, 0.05) is 30.0 Å². The molecule has 5 N–H and O–H groups in total. The molecule has 0 radical (unpaired) electrons. The van der Waals surface area contributed by atoms with Crippen LogP contribution >= 0.6 is 0 Å². The van der Waals surface area contributed by atoms with Gasteiger partial charge in [0.15, 0.2) is 0 Å². The summed E-state index contributed by atoms with van der Waals surface area (Å²) in [5, 5.41) is 2.86. The molecule has 5 heteroatoms. The van der Waals surface area contributed by atoms with Crippen LogP contribution in [0, 0.1) is 0 Å². The van der Waals surface area contributed by atoms with Gasteiger partial charge in [-0.1, -0.05) is 13.8 Å². The average Bonchev–Trinajstić information content (AvgIpc) is 2.33. The number of nitrogens with two attached hydrogens (primary N) is 2. The maximum Gasteiger partial charge on any atom is 0.251 e. The maximum absolute atomic E-state index is 11.9. The molecular formula is C13H22N4O. The lowest BCUT2D eigenvalue weighted by Gasteiger charge is -2.18. The molecule has 100 valence electrons. The van der Waals surface area contributed by atoms with E-state index in [4.69, 9.17) is 11.5 Å². The second-order valence-corrected chi connectivity index (χ2v) is 4.17. The Kier molecular flexibility index (Phi) is 5.45. The van der Waals surface area contributed by atoms with Gasteiger partial charge in [0.2, 0.25) is 0 Å². The molecule has 0 aromatic heterocycles. The van der Waals surface area contributed by atoms with E-state index in [-0.39, 0.29) is 5.91 Å². The summed E-state index contributed by atoms with van der Waals surface area (Å²) in [6.07, 6.45) is 0. The van der Waals surface area contributed by atoms with Gasteiger partial charge in [0.05, 0.1) is 0 Å². The van der Waals surface area contributed by atoms with Gasteiger partial charge >= 0.3 is 0 Å². The summed E-state index contributed by atoms with van der Waals surface area (Å²) in [5.74, 6) is -0.138. The SMILES string of the molecule is CCN(CC)CCNC(=O)c1cc(N)cc(N)c1. The summed E-state index contributed by atoms with van der Waals surface area (Å²) in [7, 11) is 0. The van der Waals surface area contributed by atoms with E-state index < -0.39 is 0 Å². The third kappa shape index (κ3) is 4.25. The van der Waals surface area contributed by atoms with Crippen LogP contribution in [-0.2, 0) is 0 Å². The molecule has 0 saturated carbocycles. The Balaban J connectivity index is 2.50. The fourth-order valence-corrected chi connectivity index (χ4v) is 1.78. The van der Waals surface area contributed by atoms with Crippen LogP contribution in [-0.4, -0.2) is 37.0 Å². The summed E-state index contributed by atoms with van der Waals surface area (Å²) in [4.78, 5) is 14.1. The Morgan fingerprint density at radius 2 is 1.72 bits per heavy atom. The normalized spacial score (nSPS) is 10.6. The molecular weight excluding hydrogens is 228 g/mol.